The van der Waals surface area contributed by atoms with Gasteiger partial charge in [-0.3, -0.25) is 9.69 Å². The topological polar surface area (TPSA) is 57.6 Å². The summed E-state index contributed by atoms with van der Waals surface area (Å²) in [6.45, 7) is 6.70. The van der Waals surface area contributed by atoms with Crippen molar-refractivity contribution in [2.45, 2.75) is 38.0 Å². The fourth-order valence-corrected chi connectivity index (χ4v) is 5.73. The maximum atomic E-state index is 11.8. The van der Waals surface area contributed by atoms with Gasteiger partial charge in [0.25, 0.3) is 0 Å². The van der Waals surface area contributed by atoms with E-state index in [-0.39, 0.29) is 11.3 Å². The number of carbonyl (C=O) groups excluding carboxylic acids is 1. The van der Waals surface area contributed by atoms with Crippen molar-refractivity contribution in [3.8, 4) is 0 Å². The van der Waals surface area contributed by atoms with E-state index in [2.05, 4.69) is 6.92 Å². The third kappa shape index (κ3) is 2.11. The summed E-state index contributed by atoms with van der Waals surface area (Å²) in [5.74, 6) is -0.185. The third-order valence-corrected chi connectivity index (χ3v) is 7.51. The van der Waals surface area contributed by atoms with Gasteiger partial charge in [-0.25, -0.2) is 4.79 Å². The van der Waals surface area contributed by atoms with E-state index in [1.54, 1.807) is 11.8 Å². The number of quaternary nitrogens is 1. The van der Waals surface area contributed by atoms with Crippen LogP contribution in [0.15, 0.2) is 11.3 Å². The van der Waals surface area contributed by atoms with Crippen LogP contribution in [0.5, 0.6) is 0 Å². The van der Waals surface area contributed by atoms with Crippen molar-refractivity contribution < 1.29 is 19.2 Å². The number of fused-ring (bicyclic) bond motifs is 4. The largest absolute Gasteiger partial charge is 0.477 e. The Hall–Kier alpha value is -1.01. The van der Waals surface area contributed by atoms with Crippen LogP contribution in [0.2, 0.25) is 0 Å². The summed E-state index contributed by atoms with van der Waals surface area (Å²) in [5.41, 5.74) is 1.79. The number of β-lactam (4-membered cyclic amide) rings is 1. The molecule has 0 saturated carbocycles. The molecule has 120 valence electrons. The summed E-state index contributed by atoms with van der Waals surface area (Å²) in [6.07, 6.45) is 4.25. The summed E-state index contributed by atoms with van der Waals surface area (Å²) in [4.78, 5) is 25.1. The Balaban J connectivity index is 1.62. The second-order valence-electron chi connectivity index (χ2n) is 7.72. The monoisotopic (exact) mass is 323 g/mol. The lowest BCUT2D eigenvalue weighted by atomic mass is 9.72. The van der Waals surface area contributed by atoms with Crippen molar-refractivity contribution in [1.82, 2.24) is 4.90 Å². The highest BCUT2D eigenvalue weighted by Gasteiger charge is 2.50. The number of rotatable bonds is 3. The second-order valence-corrected chi connectivity index (χ2v) is 8.89. The molecule has 0 spiro atoms. The zero-order valence-electron chi connectivity index (χ0n) is 13.0. The van der Waals surface area contributed by atoms with E-state index < -0.39 is 5.97 Å². The van der Waals surface area contributed by atoms with E-state index in [9.17, 15) is 14.7 Å². The SMILES string of the molecule is CC12CC[N+](CC3=C(C(=O)O)N4C(=O)C[C@@H]4SC3)(CC1)CC2. The quantitative estimate of drug-likeness (QED) is 0.634. The predicted octanol–water partition coefficient (Wildman–Crippen LogP) is 1.65. The van der Waals surface area contributed by atoms with Crippen molar-refractivity contribution in [2.75, 3.05) is 31.9 Å². The molecule has 5 aliphatic heterocycles. The van der Waals surface area contributed by atoms with Gasteiger partial charge in [0.15, 0.2) is 0 Å². The van der Waals surface area contributed by atoms with Gasteiger partial charge in [-0.05, 0) is 5.41 Å². The summed E-state index contributed by atoms with van der Waals surface area (Å²) in [6, 6.07) is 0. The van der Waals surface area contributed by atoms with Gasteiger partial charge in [-0.15, -0.1) is 11.8 Å². The zero-order valence-corrected chi connectivity index (χ0v) is 13.8. The van der Waals surface area contributed by atoms with E-state index in [0.717, 1.165) is 42.0 Å². The molecule has 22 heavy (non-hydrogen) atoms. The number of aliphatic carboxylic acids is 1. The van der Waals surface area contributed by atoms with Gasteiger partial charge in [0.1, 0.15) is 12.2 Å². The van der Waals surface area contributed by atoms with Crippen LogP contribution >= 0.6 is 11.8 Å². The minimum atomic E-state index is -0.926. The molecule has 5 nitrogen and oxygen atoms in total. The molecular weight excluding hydrogens is 300 g/mol. The molecule has 0 aliphatic carbocycles. The Kier molecular flexibility index (Phi) is 3.14. The van der Waals surface area contributed by atoms with Gasteiger partial charge in [0.05, 0.1) is 31.4 Å². The zero-order chi connectivity index (χ0) is 15.5. The number of piperidine rings is 3. The summed E-state index contributed by atoms with van der Waals surface area (Å²) in [5, 5.41) is 9.68. The Labute approximate surface area is 134 Å². The van der Waals surface area contributed by atoms with Crippen molar-refractivity contribution in [2.24, 2.45) is 5.41 Å². The van der Waals surface area contributed by atoms with Gasteiger partial charge in [0.2, 0.25) is 5.91 Å². The van der Waals surface area contributed by atoms with Crippen molar-refractivity contribution in [3.63, 3.8) is 0 Å². The Morgan fingerprint density at radius 3 is 2.55 bits per heavy atom. The number of carbonyl (C=O) groups is 2. The van der Waals surface area contributed by atoms with Gasteiger partial charge in [-0.1, -0.05) is 6.92 Å². The first kappa shape index (κ1) is 14.6. The minimum absolute atomic E-state index is 0.0306. The Morgan fingerprint density at radius 2 is 2.00 bits per heavy atom. The maximum Gasteiger partial charge on any atom is 0.352 e. The van der Waals surface area contributed by atoms with Crippen LogP contribution in [0.3, 0.4) is 0 Å². The van der Waals surface area contributed by atoms with E-state index in [0.29, 0.717) is 17.5 Å². The number of hydrogen-bond acceptors (Lipinski definition) is 3. The molecule has 1 amide bonds. The first-order valence-corrected chi connectivity index (χ1v) is 9.20. The third-order valence-electron chi connectivity index (χ3n) is 6.23. The molecule has 2 bridgehead atoms. The number of carboxylic acids is 1. The highest BCUT2D eigenvalue weighted by Crippen LogP contribution is 2.46. The Morgan fingerprint density at radius 1 is 1.36 bits per heavy atom. The number of hydrogen-bond donors (Lipinski definition) is 1. The van der Waals surface area contributed by atoms with Crippen LogP contribution in [-0.2, 0) is 9.59 Å². The molecule has 0 radical (unpaired) electrons. The standard InChI is InChI=1S/C16H22N2O3S/c1-16-2-5-18(6-3-16,7-4-16)9-11-10-22-13-8-12(19)17(13)14(11)15(20)21/h13H,2-10H2,1H3/p+1/t13-,16?,18?/m0/s1. The summed E-state index contributed by atoms with van der Waals surface area (Å²) < 4.78 is 1.04. The van der Waals surface area contributed by atoms with Crippen molar-refractivity contribution >= 4 is 23.6 Å². The normalized spacial score (nSPS) is 40.5. The van der Waals surface area contributed by atoms with E-state index in [4.69, 9.17) is 0 Å². The molecule has 1 atom stereocenters. The minimum Gasteiger partial charge on any atom is -0.477 e. The van der Waals surface area contributed by atoms with E-state index >= 15 is 0 Å². The molecule has 0 aromatic rings. The lowest BCUT2D eigenvalue weighted by Crippen LogP contribution is -2.62. The van der Waals surface area contributed by atoms with Crippen molar-refractivity contribution in [1.29, 1.82) is 0 Å². The summed E-state index contributed by atoms with van der Waals surface area (Å²) in [7, 11) is 0. The number of carboxylic acid groups (broad SMARTS) is 1. The molecule has 0 aromatic heterocycles. The molecule has 4 fully saturated rings. The lowest BCUT2D eigenvalue weighted by Gasteiger charge is -2.54. The molecule has 5 aliphatic rings. The summed E-state index contributed by atoms with van der Waals surface area (Å²) >= 11 is 1.73. The average molecular weight is 323 g/mol. The van der Waals surface area contributed by atoms with Crippen LogP contribution in [-0.4, -0.2) is 63.7 Å². The number of amides is 1. The fourth-order valence-electron chi connectivity index (χ4n) is 4.47. The van der Waals surface area contributed by atoms with Gasteiger partial charge in [-0.2, -0.15) is 0 Å². The van der Waals surface area contributed by atoms with Crippen molar-refractivity contribution in [3.05, 3.63) is 11.3 Å². The van der Waals surface area contributed by atoms with Crippen LogP contribution in [0.25, 0.3) is 0 Å². The molecule has 0 unspecified atom stereocenters. The molecule has 4 saturated heterocycles. The van der Waals surface area contributed by atoms with E-state index in [1.807, 2.05) is 0 Å². The lowest BCUT2D eigenvalue weighted by molar-refractivity contribution is -0.941. The van der Waals surface area contributed by atoms with Crippen LogP contribution < -0.4 is 0 Å². The molecule has 0 aromatic carbocycles. The first-order chi connectivity index (χ1) is 10.4. The predicted molar refractivity (Wildman–Crippen MR) is 84.1 cm³/mol. The van der Waals surface area contributed by atoms with Crippen LogP contribution in [0.1, 0.15) is 32.6 Å². The molecule has 1 N–H and O–H groups in total. The number of nitrogens with zero attached hydrogens (tertiary/aromatic N) is 2. The van der Waals surface area contributed by atoms with Gasteiger partial charge < -0.3 is 9.59 Å². The first-order valence-electron chi connectivity index (χ1n) is 8.16. The molecular formula is C16H23N2O3S+. The fraction of sp³-hybridized carbons (Fsp3) is 0.750. The van der Waals surface area contributed by atoms with E-state index in [1.165, 1.54) is 24.2 Å². The Bertz CT molecular complexity index is 561. The molecule has 6 heteroatoms. The second kappa shape index (κ2) is 4.74. The van der Waals surface area contributed by atoms with Gasteiger partial charge >= 0.3 is 5.97 Å². The smallest absolute Gasteiger partial charge is 0.352 e. The maximum absolute atomic E-state index is 11.8. The van der Waals surface area contributed by atoms with Crippen LogP contribution in [0, 0.1) is 5.41 Å². The average Bonchev–Trinajstić information content (AvgIpc) is 2.49. The highest BCUT2D eigenvalue weighted by molar-refractivity contribution is 8.00. The van der Waals surface area contributed by atoms with Gasteiger partial charge in [0, 0.05) is 30.6 Å². The van der Waals surface area contributed by atoms with Crippen LogP contribution in [0.4, 0.5) is 0 Å². The number of thioether (sulfide) groups is 1. The molecule has 5 heterocycles. The molecule has 5 rings (SSSR count). The highest BCUT2D eigenvalue weighted by atomic mass is 32.2.